The lowest BCUT2D eigenvalue weighted by Crippen LogP contribution is -1.91. The van der Waals surface area contributed by atoms with Gasteiger partial charge in [-0.2, -0.15) is 10.5 Å². The van der Waals surface area contributed by atoms with Gasteiger partial charge in [0.15, 0.2) is 0 Å². The predicted octanol–water partition coefficient (Wildman–Crippen LogP) is 2.22. The Bertz CT molecular complexity index is 693. The van der Waals surface area contributed by atoms with Crippen molar-refractivity contribution in [3.05, 3.63) is 35.8 Å². The van der Waals surface area contributed by atoms with Crippen LogP contribution in [-0.2, 0) is 7.05 Å². The minimum Gasteiger partial charge on any atom is -0.360 e. The zero-order chi connectivity index (χ0) is 13.1. The number of aryl methyl sites for hydroxylation is 2. The zero-order valence-corrected chi connectivity index (χ0v) is 10.1. The second-order valence-corrected chi connectivity index (χ2v) is 3.85. The van der Waals surface area contributed by atoms with Crippen molar-refractivity contribution in [3.8, 4) is 12.1 Å². The lowest BCUT2D eigenvalue weighted by molar-refractivity contribution is 0.886. The van der Waals surface area contributed by atoms with Gasteiger partial charge in [-0.25, -0.2) is 4.98 Å². The topological polar surface area (TPSA) is 77.4 Å². The molecule has 0 aliphatic rings. The van der Waals surface area contributed by atoms with Crippen molar-refractivity contribution in [3.63, 3.8) is 0 Å². The third-order valence-corrected chi connectivity index (χ3v) is 2.73. The van der Waals surface area contributed by atoms with E-state index in [9.17, 15) is 0 Å². The highest BCUT2D eigenvalue weighted by Crippen LogP contribution is 2.19. The van der Waals surface area contributed by atoms with Gasteiger partial charge in [-0.3, -0.25) is 0 Å². The number of benzene rings is 1. The molecule has 0 aliphatic heterocycles. The fourth-order valence-corrected chi connectivity index (χ4v) is 1.66. The Balaban J connectivity index is 2.35. The Kier molecular flexibility index (Phi) is 2.99. The van der Waals surface area contributed by atoms with Crippen LogP contribution in [-0.4, -0.2) is 9.55 Å². The van der Waals surface area contributed by atoms with Crippen LogP contribution in [0.5, 0.6) is 0 Å². The monoisotopic (exact) mass is 237 g/mol. The van der Waals surface area contributed by atoms with Crippen LogP contribution in [0.15, 0.2) is 30.0 Å². The molecule has 5 nitrogen and oxygen atoms in total. The number of nitrogens with one attached hydrogen (secondary N) is 1. The van der Waals surface area contributed by atoms with Crippen molar-refractivity contribution in [1.82, 2.24) is 9.55 Å². The first kappa shape index (κ1) is 11.7. The lowest BCUT2D eigenvalue weighted by Gasteiger charge is -2.01. The van der Waals surface area contributed by atoms with Crippen LogP contribution < -0.4 is 5.32 Å². The summed E-state index contributed by atoms with van der Waals surface area (Å²) in [6.45, 7) is 1.94. The van der Waals surface area contributed by atoms with E-state index in [2.05, 4.69) is 10.3 Å². The van der Waals surface area contributed by atoms with Crippen molar-refractivity contribution in [1.29, 1.82) is 10.5 Å². The molecule has 1 heterocycles. The molecule has 0 radical (unpaired) electrons. The molecule has 1 N–H and O–H groups in total. The van der Waals surface area contributed by atoms with Gasteiger partial charge in [0.05, 0.1) is 11.0 Å². The predicted molar refractivity (Wildman–Crippen MR) is 68.4 cm³/mol. The summed E-state index contributed by atoms with van der Waals surface area (Å²) in [6.07, 6.45) is 1.39. The van der Waals surface area contributed by atoms with E-state index in [1.807, 2.05) is 36.7 Å². The maximum atomic E-state index is 8.62. The third-order valence-electron chi connectivity index (χ3n) is 2.73. The van der Waals surface area contributed by atoms with Gasteiger partial charge >= 0.3 is 0 Å². The molecular weight excluding hydrogens is 226 g/mol. The number of nitriles is 2. The smallest absolute Gasteiger partial charge is 0.145 e. The summed E-state index contributed by atoms with van der Waals surface area (Å²) >= 11 is 0. The zero-order valence-electron chi connectivity index (χ0n) is 10.1. The summed E-state index contributed by atoms with van der Waals surface area (Å²) < 4.78 is 2.00. The molecule has 0 atom stereocenters. The standard InChI is InChI=1S/C13H11N5/c1-9-17-12-5-11(3-4-13(12)18(9)2)16-8-10(6-14)7-15/h3-5,8,16H,1-2H3. The maximum Gasteiger partial charge on any atom is 0.145 e. The molecule has 0 spiro atoms. The quantitative estimate of drug-likeness (QED) is 0.812. The molecule has 1 aromatic carbocycles. The number of nitrogens with zero attached hydrogens (tertiary/aromatic N) is 4. The summed E-state index contributed by atoms with van der Waals surface area (Å²) in [7, 11) is 1.96. The molecule has 88 valence electrons. The van der Waals surface area contributed by atoms with Gasteiger partial charge in [0, 0.05) is 18.9 Å². The normalized spacial score (nSPS) is 9.56. The molecule has 2 rings (SSSR count). The molecule has 0 fully saturated rings. The summed E-state index contributed by atoms with van der Waals surface area (Å²) in [6, 6.07) is 9.29. The van der Waals surface area contributed by atoms with Gasteiger partial charge < -0.3 is 9.88 Å². The van der Waals surface area contributed by atoms with Gasteiger partial charge in [0.25, 0.3) is 0 Å². The molecule has 0 unspecified atom stereocenters. The van der Waals surface area contributed by atoms with Gasteiger partial charge in [0.2, 0.25) is 0 Å². The Labute approximate surface area is 105 Å². The van der Waals surface area contributed by atoms with Crippen LogP contribution in [0.25, 0.3) is 11.0 Å². The molecule has 1 aromatic heterocycles. The van der Waals surface area contributed by atoms with Crippen molar-refractivity contribution in [2.75, 3.05) is 5.32 Å². The van der Waals surface area contributed by atoms with E-state index in [1.54, 1.807) is 12.1 Å². The van der Waals surface area contributed by atoms with Gasteiger partial charge in [-0.1, -0.05) is 0 Å². The number of imidazole rings is 1. The molecule has 0 aliphatic carbocycles. The summed E-state index contributed by atoms with van der Waals surface area (Å²) in [5.41, 5.74) is 2.75. The van der Waals surface area contributed by atoms with Crippen molar-refractivity contribution in [2.24, 2.45) is 7.05 Å². The fourth-order valence-electron chi connectivity index (χ4n) is 1.66. The Hall–Kier alpha value is -2.79. The average molecular weight is 237 g/mol. The minimum absolute atomic E-state index is 0.0345. The maximum absolute atomic E-state index is 8.62. The average Bonchev–Trinajstić information content (AvgIpc) is 2.66. The summed E-state index contributed by atoms with van der Waals surface area (Å²) in [5.74, 6) is 0.937. The molecule has 0 bridgehead atoms. The molecule has 5 heteroatoms. The Morgan fingerprint density at radius 3 is 2.78 bits per heavy atom. The molecule has 18 heavy (non-hydrogen) atoms. The highest BCUT2D eigenvalue weighted by molar-refractivity contribution is 5.80. The Morgan fingerprint density at radius 2 is 2.11 bits per heavy atom. The first-order chi connectivity index (χ1) is 8.65. The molecule has 0 saturated carbocycles. The van der Waals surface area contributed by atoms with E-state index < -0.39 is 0 Å². The van der Waals surface area contributed by atoms with Crippen LogP contribution >= 0.6 is 0 Å². The largest absolute Gasteiger partial charge is 0.360 e. The number of hydrogen-bond acceptors (Lipinski definition) is 4. The second kappa shape index (κ2) is 4.60. The van der Waals surface area contributed by atoms with E-state index in [1.165, 1.54) is 6.20 Å². The van der Waals surface area contributed by atoms with E-state index >= 15 is 0 Å². The third kappa shape index (κ3) is 2.02. The first-order valence-corrected chi connectivity index (χ1v) is 5.35. The highest BCUT2D eigenvalue weighted by atomic mass is 15.0. The van der Waals surface area contributed by atoms with Crippen LogP contribution in [0.3, 0.4) is 0 Å². The van der Waals surface area contributed by atoms with E-state index in [4.69, 9.17) is 10.5 Å². The number of fused-ring (bicyclic) bond motifs is 1. The van der Waals surface area contributed by atoms with Crippen LogP contribution in [0.2, 0.25) is 0 Å². The Morgan fingerprint density at radius 1 is 1.39 bits per heavy atom. The highest BCUT2D eigenvalue weighted by Gasteiger charge is 2.04. The first-order valence-electron chi connectivity index (χ1n) is 5.35. The fraction of sp³-hybridized carbons (Fsp3) is 0.154. The molecule has 0 amide bonds. The SMILES string of the molecule is Cc1nc2cc(NC=C(C#N)C#N)ccc2n1C. The lowest BCUT2D eigenvalue weighted by atomic mass is 10.2. The number of allylic oxidation sites excluding steroid dienone is 1. The van der Waals surface area contributed by atoms with Gasteiger partial charge in [-0.15, -0.1) is 0 Å². The van der Waals surface area contributed by atoms with E-state index in [-0.39, 0.29) is 5.57 Å². The van der Waals surface area contributed by atoms with E-state index in [0.29, 0.717) is 0 Å². The van der Waals surface area contributed by atoms with Crippen molar-refractivity contribution < 1.29 is 0 Å². The summed E-state index contributed by atoms with van der Waals surface area (Å²) in [4.78, 5) is 4.41. The molecular formula is C13H11N5. The molecule has 2 aromatic rings. The number of rotatable bonds is 2. The second-order valence-electron chi connectivity index (χ2n) is 3.85. The van der Waals surface area contributed by atoms with Crippen molar-refractivity contribution >= 4 is 16.7 Å². The number of anilines is 1. The number of hydrogen-bond donors (Lipinski definition) is 1. The van der Waals surface area contributed by atoms with Crippen LogP contribution in [0.1, 0.15) is 5.82 Å². The van der Waals surface area contributed by atoms with Gasteiger partial charge in [-0.05, 0) is 25.1 Å². The number of aromatic nitrogens is 2. The molecule has 0 saturated heterocycles. The van der Waals surface area contributed by atoms with Crippen LogP contribution in [0.4, 0.5) is 5.69 Å². The van der Waals surface area contributed by atoms with Gasteiger partial charge in [0.1, 0.15) is 23.5 Å². The van der Waals surface area contributed by atoms with Crippen LogP contribution in [0, 0.1) is 29.6 Å². The summed E-state index contributed by atoms with van der Waals surface area (Å²) in [5, 5.41) is 20.1. The van der Waals surface area contributed by atoms with Crippen molar-refractivity contribution in [2.45, 2.75) is 6.92 Å². The van der Waals surface area contributed by atoms with E-state index in [0.717, 1.165) is 22.5 Å². The minimum atomic E-state index is 0.0345.